The van der Waals surface area contributed by atoms with E-state index in [9.17, 15) is 4.79 Å². The Kier molecular flexibility index (Phi) is 6.17. The summed E-state index contributed by atoms with van der Waals surface area (Å²) in [6, 6.07) is 15.1. The SMILES string of the molecule is CCc1ccc(/C=N/NC(=O)COc2cccc(OC)c2)cc1. The Morgan fingerprint density at radius 3 is 2.61 bits per heavy atom. The third-order valence-corrected chi connectivity index (χ3v) is 3.20. The first-order chi connectivity index (χ1) is 11.2. The van der Waals surface area contributed by atoms with Crippen molar-refractivity contribution < 1.29 is 14.3 Å². The van der Waals surface area contributed by atoms with Gasteiger partial charge >= 0.3 is 0 Å². The number of nitrogens with one attached hydrogen (secondary N) is 1. The van der Waals surface area contributed by atoms with Crippen molar-refractivity contribution >= 4 is 12.1 Å². The number of benzene rings is 2. The van der Waals surface area contributed by atoms with Gasteiger partial charge in [0.05, 0.1) is 13.3 Å². The maximum atomic E-state index is 11.7. The lowest BCUT2D eigenvalue weighted by atomic mass is 10.1. The molecule has 2 aromatic carbocycles. The van der Waals surface area contributed by atoms with Crippen LogP contribution < -0.4 is 14.9 Å². The molecule has 0 aliphatic carbocycles. The van der Waals surface area contributed by atoms with Crippen LogP contribution in [0, 0.1) is 0 Å². The molecule has 1 N–H and O–H groups in total. The van der Waals surface area contributed by atoms with Crippen LogP contribution in [-0.2, 0) is 11.2 Å². The topological polar surface area (TPSA) is 59.9 Å². The van der Waals surface area contributed by atoms with Gasteiger partial charge in [-0.15, -0.1) is 0 Å². The van der Waals surface area contributed by atoms with Crippen molar-refractivity contribution in [2.45, 2.75) is 13.3 Å². The van der Waals surface area contributed by atoms with E-state index in [1.807, 2.05) is 24.3 Å². The Hall–Kier alpha value is -2.82. The average Bonchev–Trinajstić information content (AvgIpc) is 2.61. The molecule has 0 aliphatic rings. The Balaban J connectivity index is 1.78. The molecule has 0 aliphatic heterocycles. The highest BCUT2D eigenvalue weighted by Crippen LogP contribution is 2.18. The third-order valence-electron chi connectivity index (χ3n) is 3.20. The van der Waals surface area contributed by atoms with E-state index in [2.05, 4.69) is 17.5 Å². The molecule has 0 heterocycles. The summed E-state index contributed by atoms with van der Waals surface area (Å²) in [5, 5.41) is 3.91. The number of hydrogen-bond acceptors (Lipinski definition) is 4. The van der Waals surface area contributed by atoms with Crippen molar-refractivity contribution in [2.24, 2.45) is 5.10 Å². The van der Waals surface area contributed by atoms with Gasteiger partial charge in [-0.3, -0.25) is 4.79 Å². The Labute approximate surface area is 135 Å². The Bertz CT molecular complexity index is 666. The zero-order chi connectivity index (χ0) is 16.5. The van der Waals surface area contributed by atoms with Gasteiger partial charge in [-0.05, 0) is 29.7 Å². The van der Waals surface area contributed by atoms with Gasteiger partial charge in [-0.25, -0.2) is 5.43 Å². The van der Waals surface area contributed by atoms with Gasteiger partial charge in [-0.1, -0.05) is 37.3 Å². The second kappa shape index (κ2) is 8.58. The van der Waals surface area contributed by atoms with Gasteiger partial charge in [0, 0.05) is 6.07 Å². The molecule has 120 valence electrons. The number of hydrogen-bond donors (Lipinski definition) is 1. The van der Waals surface area contributed by atoms with Crippen molar-refractivity contribution in [3.8, 4) is 11.5 Å². The molecule has 0 saturated heterocycles. The molecular weight excluding hydrogens is 292 g/mol. The first-order valence-corrected chi connectivity index (χ1v) is 7.39. The van der Waals surface area contributed by atoms with Crippen molar-refractivity contribution in [1.29, 1.82) is 0 Å². The number of aryl methyl sites for hydroxylation is 1. The van der Waals surface area contributed by atoms with Crippen molar-refractivity contribution in [3.63, 3.8) is 0 Å². The molecule has 2 aromatic rings. The number of rotatable bonds is 7. The lowest BCUT2D eigenvalue weighted by Gasteiger charge is -2.06. The fourth-order valence-corrected chi connectivity index (χ4v) is 1.89. The third kappa shape index (κ3) is 5.47. The van der Waals surface area contributed by atoms with Gasteiger partial charge in [-0.2, -0.15) is 5.10 Å². The highest BCUT2D eigenvalue weighted by molar-refractivity contribution is 5.82. The fraction of sp³-hybridized carbons (Fsp3) is 0.222. The molecule has 0 aromatic heterocycles. The summed E-state index contributed by atoms with van der Waals surface area (Å²) < 4.78 is 10.5. The number of ether oxygens (including phenoxy) is 2. The molecule has 0 atom stereocenters. The van der Waals surface area contributed by atoms with Crippen LogP contribution in [0.1, 0.15) is 18.1 Å². The van der Waals surface area contributed by atoms with Crippen molar-refractivity contribution in [2.75, 3.05) is 13.7 Å². The molecule has 0 bridgehead atoms. The highest BCUT2D eigenvalue weighted by Gasteiger charge is 2.02. The smallest absolute Gasteiger partial charge is 0.277 e. The van der Waals surface area contributed by atoms with Crippen molar-refractivity contribution in [1.82, 2.24) is 5.43 Å². The van der Waals surface area contributed by atoms with Crippen LogP contribution >= 0.6 is 0 Å². The average molecular weight is 312 g/mol. The predicted octanol–water partition coefficient (Wildman–Crippen LogP) is 2.79. The minimum atomic E-state index is -0.325. The van der Waals surface area contributed by atoms with Crippen LogP contribution in [0.5, 0.6) is 11.5 Å². The van der Waals surface area contributed by atoms with Crippen LogP contribution in [0.4, 0.5) is 0 Å². The molecule has 0 radical (unpaired) electrons. The number of carbonyl (C=O) groups excluding carboxylic acids is 1. The summed E-state index contributed by atoms with van der Waals surface area (Å²) in [4.78, 5) is 11.7. The van der Waals surface area contributed by atoms with Gasteiger partial charge in [0.2, 0.25) is 0 Å². The molecule has 5 heteroatoms. The quantitative estimate of drug-likeness (QED) is 0.632. The lowest BCUT2D eigenvalue weighted by Crippen LogP contribution is -2.24. The molecule has 0 spiro atoms. The molecule has 2 rings (SSSR count). The lowest BCUT2D eigenvalue weighted by molar-refractivity contribution is -0.123. The van der Waals surface area contributed by atoms with E-state index in [1.165, 1.54) is 5.56 Å². The molecule has 5 nitrogen and oxygen atoms in total. The Morgan fingerprint density at radius 1 is 1.17 bits per heavy atom. The maximum Gasteiger partial charge on any atom is 0.277 e. The normalized spacial score (nSPS) is 10.5. The van der Waals surface area contributed by atoms with Gasteiger partial charge in [0.15, 0.2) is 6.61 Å². The number of hydrazone groups is 1. The van der Waals surface area contributed by atoms with E-state index in [0.29, 0.717) is 11.5 Å². The van der Waals surface area contributed by atoms with Crippen molar-refractivity contribution in [3.05, 3.63) is 59.7 Å². The minimum absolute atomic E-state index is 0.112. The predicted molar refractivity (Wildman–Crippen MR) is 90.0 cm³/mol. The zero-order valence-electron chi connectivity index (χ0n) is 13.3. The minimum Gasteiger partial charge on any atom is -0.497 e. The number of carbonyl (C=O) groups is 1. The fourth-order valence-electron chi connectivity index (χ4n) is 1.89. The highest BCUT2D eigenvalue weighted by atomic mass is 16.5. The number of amides is 1. The molecule has 0 unspecified atom stereocenters. The van der Waals surface area contributed by atoms with E-state index in [-0.39, 0.29) is 12.5 Å². The van der Waals surface area contributed by atoms with Gasteiger partial charge in [0.25, 0.3) is 5.91 Å². The summed E-state index contributed by atoms with van der Waals surface area (Å²) in [5.74, 6) is 0.921. The molecular formula is C18H20N2O3. The van der Waals surface area contributed by atoms with E-state index in [1.54, 1.807) is 37.6 Å². The first-order valence-electron chi connectivity index (χ1n) is 7.39. The summed E-state index contributed by atoms with van der Waals surface area (Å²) in [5.41, 5.74) is 4.62. The van der Waals surface area contributed by atoms with Crippen LogP contribution in [-0.4, -0.2) is 25.8 Å². The molecule has 23 heavy (non-hydrogen) atoms. The monoisotopic (exact) mass is 312 g/mol. The maximum absolute atomic E-state index is 11.7. The van der Waals surface area contributed by atoms with E-state index in [0.717, 1.165) is 12.0 Å². The first kappa shape index (κ1) is 16.5. The van der Waals surface area contributed by atoms with Gasteiger partial charge in [0.1, 0.15) is 11.5 Å². The summed E-state index contributed by atoms with van der Waals surface area (Å²) in [7, 11) is 1.58. The summed E-state index contributed by atoms with van der Waals surface area (Å²) in [6.45, 7) is 1.99. The Morgan fingerprint density at radius 2 is 1.91 bits per heavy atom. The number of nitrogens with zero attached hydrogens (tertiary/aromatic N) is 1. The second-order valence-electron chi connectivity index (χ2n) is 4.86. The summed E-state index contributed by atoms with van der Waals surface area (Å²) >= 11 is 0. The molecule has 1 amide bonds. The summed E-state index contributed by atoms with van der Waals surface area (Å²) in [6.07, 6.45) is 2.60. The van der Waals surface area contributed by atoms with Crippen LogP contribution in [0.25, 0.3) is 0 Å². The largest absolute Gasteiger partial charge is 0.497 e. The second-order valence-corrected chi connectivity index (χ2v) is 4.86. The number of methoxy groups -OCH3 is 1. The van der Waals surface area contributed by atoms with E-state index in [4.69, 9.17) is 9.47 Å². The van der Waals surface area contributed by atoms with E-state index < -0.39 is 0 Å². The molecule has 0 saturated carbocycles. The zero-order valence-corrected chi connectivity index (χ0v) is 13.3. The molecule has 0 fully saturated rings. The van der Waals surface area contributed by atoms with Gasteiger partial charge < -0.3 is 9.47 Å². The van der Waals surface area contributed by atoms with Crippen LogP contribution in [0.2, 0.25) is 0 Å². The van der Waals surface area contributed by atoms with Crippen LogP contribution in [0.15, 0.2) is 53.6 Å². The van der Waals surface area contributed by atoms with Crippen LogP contribution in [0.3, 0.4) is 0 Å². The standard InChI is InChI=1S/C18H20N2O3/c1-3-14-7-9-15(10-8-14)12-19-20-18(21)13-23-17-6-4-5-16(11-17)22-2/h4-12H,3,13H2,1-2H3,(H,20,21)/b19-12+. The van der Waals surface area contributed by atoms with E-state index >= 15 is 0 Å².